The number of rotatable bonds is 12. The van der Waals surface area contributed by atoms with Crippen LogP contribution < -0.4 is 10.1 Å². The Labute approximate surface area is 208 Å². The van der Waals surface area contributed by atoms with E-state index in [1.807, 2.05) is 63.2 Å². The van der Waals surface area contributed by atoms with Crippen LogP contribution in [0.25, 0.3) is 0 Å². The molecule has 0 aliphatic rings. The van der Waals surface area contributed by atoms with Crippen LogP contribution in [0, 0.1) is 0 Å². The van der Waals surface area contributed by atoms with Gasteiger partial charge in [-0.15, -0.1) is 0 Å². The van der Waals surface area contributed by atoms with E-state index in [0.717, 1.165) is 16.8 Å². The van der Waals surface area contributed by atoms with Crippen molar-refractivity contribution in [2.24, 2.45) is 0 Å². The summed E-state index contributed by atoms with van der Waals surface area (Å²) in [6, 6.07) is 19.9. The molecule has 8 heteroatoms. The predicted octanol–water partition coefficient (Wildman–Crippen LogP) is 4.50. The van der Waals surface area contributed by atoms with E-state index in [2.05, 4.69) is 10.3 Å². The summed E-state index contributed by atoms with van der Waals surface area (Å²) in [5.74, 6) is 0.645. The minimum Gasteiger partial charge on any atom is -0.487 e. The van der Waals surface area contributed by atoms with Crippen LogP contribution in [0.15, 0.2) is 77.8 Å². The summed E-state index contributed by atoms with van der Waals surface area (Å²) >= 11 is 0. The van der Waals surface area contributed by atoms with E-state index >= 15 is 0 Å². The number of hydrogen-bond acceptors (Lipinski definition) is 5. The predicted molar refractivity (Wildman–Crippen MR) is 136 cm³/mol. The lowest BCUT2D eigenvalue weighted by Gasteiger charge is -2.18. The Balaban J connectivity index is 1.51. The molecule has 0 radical (unpaired) electrons. The van der Waals surface area contributed by atoms with Gasteiger partial charge in [0.25, 0.3) is 0 Å². The normalized spacial score (nSPS) is 12.3. The van der Waals surface area contributed by atoms with Crippen molar-refractivity contribution in [2.75, 3.05) is 13.1 Å². The standard InChI is InChI=1S/C27H33N3O4S/c1-4-30(5-2)35(32,33)26-15-12-22(13-16-26)14-17-27(31)29-21(3)23-9-8-11-25(19-23)34-20-24-10-6-7-18-28-24/h6-13,15-16,18-19,21H,4-5,14,17,20H2,1-3H3,(H,29,31). The minimum absolute atomic E-state index is 0.0721. The second-order valence-electron chi connectivity index (χ2n) is 8.20. The number of pyridine rings is 1. The van der Waals surface area contributed by atoms with E-state index in [0.29, 0.717) is 38.3 Å². The Kier molecular flexibility index (Phi) is 9.39. The van der Waals surface area contributed by atoms with E-state index in [1.54, 1.807) is 30.5 Å². The van der Waals surface area contributed by atoms with Crippen LogP contribution in [0.3, 0.4) is 0 Å². The third-order valence-corrected chi connectivity index (χ3v) is 7.82. The number of nitrogens with zero attached hydrogens (tertiary/aromatic N) is 2. The fourth-order valence-corrected chi connectivity index (χ4v) is 5.17. The third-order valence-electron chi connectivity index (χ3n) is 5.76. The topological polar surface area (TPSA) is 88.6 Å². The first-order valence-corrected chi connectivity index (χ1v) is 13.3. The number of aryl methyl sites for hydroxylation is 1. The van der Waals surface area contributed by atoms with Crippen LogP contribution in [0.1, 0.15) is 50.1 Å². The summed E-state index contributed by atoms with van der Waals surface area (Å²) < 4.78 is 32.5. The number of benzene rings is 2. The van der Waals surface area contributed by atoms with Crippen molar-refractivity contribution in [3.63, 3.8) is 0 Å². The van der Waals surface area contributed by atoms with Gasteiger partial charge in [-0.3, -0.25) is 9.78 Å². The Hall–Kier alpha value is -3.23. The lowest BCUT2D eigenvalue weighted by Crippen LogP contribution is -2.30. The highest BCUT2D eigenvalue weighted by Gasteiger charge is 2.21. The average Bonchev–Trinajstić information content (AvgIpc) is 2.88. The number of carbonyl (C=O) groups excluding carboxylic acids is 1. The van der Waals surface area contributed by atoms with Crippen LogP contribution in [0.5, 0.6) is 5.75 Å². The van der Waals surface area contributed by atoms with Gasteiger partial charge in [0.1, 0.15) is 12.4 Å². The first-order chi connectivity index (χ1) is 16.8. The van der Waals surface area contributed by atoms with E-state index < -0.39 is 10.0 Å². The molecule has 1 heterocycles. The highest BCUT2D eigenvalue weighted by Crippen LogP contribution is 2.21. The van der Waals surface area contributed by atoms with Crippen molar-refractivity contribution in [2.45, 2.75) is 51.2 Å². The summed E-state index contributed by atoms with van der Waals surface area (Å²) in [4.78, 5) is 17.1. The quantitative estimate of drug-likeness (QED) is 0.400. The number of aromatic nitrogens is 1. The number of ether oxygens (including phenoxy) is 1. The van der Waals surface area contributed by atoms with Crippen molar-refractivity contribution in [1.29, 1.82) is 0 Å². The van der Waals surface area contributed by atoms with Gasteiger partial charge in [-0.2, -0.15) is 4.31 Å². The molecule has 0 spiro atoms. The van der Waals surface area contributed by atoms with Crippen LogP contribution in [0.4, 0.5) is 0 Å². The SMILES string of the molecule is CCN(CC)S(=O)(=O)c1ccc(CCC(=O)NC(C)c2cccc(OCc3ccccn3)c2)cc1. The number of carbonyl (C=O) groups is 1. The molecule has 7 nitrogen and oxygen atoms in total. The summed E-state index contributed by atoms with van der Waals surface area (Å²) in [6.45, 7) is 6.81. The van der Waals surface area contributed by atoms with Gasteiger partial charge in [-0.1, -0.05) is 44.2 Å². The second-order valence-corrected chi connectivity index (χ2v) is 10.1. The van der Waals surface area contributed by atoms with E-state index in [1.165, 1.54) is 4.31 Å². The van der Waals surface area contributed by atoms with Crippen molar-refractivity contribution in [3.8, 4) is 5.75 Å². The fourth-order valence-electron chi connectivity index (χ4n) is 3.71. The lowest BCUT2D eigenvalue weighted by molar-refractivity contribution is -0.121. The van der Waals surface area contributed by atoms with Gasteiger partial charge in [0.15, 0.2) is 0 Å². The fraction of sp³-hybridized carbons (Fsp3) is 0.333. The van der Waals surface area contributed by atoms with E-state index in [-0.39, 0.29) is 16.8 Å². The zero-order chi connectivity index (χ0) is 25.3. The van der Waals surface area contributed by atoms with Crippen molar-refractivity contribution >= 4 is 15.9 Å². The molecule has 35 heavy (non-hydrogen) atoms. The maximum Gasteiger partial charge on any atom is 0.243 e. The molecular weight excluding hydrogens is 462 g/mol. The molecule has 0 saturated heterocycles. The zero-order valence-electron chi connectivity index (χ0n) is 20.5. The smallest absolute Gasteiger partial charge is 0.243 e. The molecule has 1 aromatic heterocycles. The van der Waals surface area contributed by atoms with Gasteiger partial charge in [-0.05, 0) is 60.9 Å². The molecule has 1 N–H and O–H groups in total. The molecular formula is C27H33N3O4S. The number of hydrogen-bond donors (Lipinski definition) is 1. The summed E-state index contributed by atoms with van der Waals surface area (Å²) in [5, 5.41) is 3.02. The molecule has 0 bridgehead atoms. The van der Waals surface area contributed by atoms with Gasteiger partial charge in [-0.25, -0.2) is 8.42 Å². The minimum atomic E-state index is -3.48. The third kappa shape index (κ3) is 7.37. The van der Waals surface area contributed by atoms with Crippen molar-refractivity contribution < 1.29 is 17.9 Å². The van der Waals surface area contributed by atoms with Crippen molar-refractivity contribution in [1.82, 2.24) is 14.6 Å². The highest BCUT2D eigenvalue weighted by molar-refractivity contribution is 7.89. The summed E-state index contributed by atoms with van der Waals surface area (Å²) in [5.41, 5.74) is 2.71. The maximum atomic E-state index is 12.6. The second kappa shape index (κ2) is 12.5. The Morgan fingerprint density at radius 1 is 1.03 bits per heavy atom. The largest absolute Gasteiger partial charge is 0.487 e. The van der Waals surface area contributed by atoms with E-state index in [4.69, 9.17) is 4.74 Å². The Morgan fingerprint density at radius 3 is 2.43 bits per heavy atom. The molecule has 0 fully saturated rings. The molecule has 3 rings (SSSR count). The van der Waals surface area contributed by atoms with Gasteiger partial charge >= 0.3 is 0 Å². The highest BCUT2D eigenvalue weighted by atomic mass is 32.2. The molecule has 0 aliphatic heterocycles. The molecule has 2 aromatic carbocycles. The molecule has 0 saturated carbocycles. The summed E-state index contributed by atoms with van der Waals surface area (Å²) in [6.07, 6.45) is 2.56. The number of sulfonamides is 1. The average molecular weight is 496 g/mol. The Bertz CT molecular complexity index is 1190. The molecule has 1 amide bonds. The van der Waals surface area contributed by atoms with Crippen LogP contribution >= 0.6 is 0 Å². The van der Waals surface area contributed by atoms with Gasteiger partial charge in [0.05, 0.1) is 16.6 Å². The Morgan fingerprint density at radius 2 is 1.77 bits per heavy atom. The first-order valence-electron chi connectivity index (χ1n) is 11.8. The molecule has 0 aliphatic carbocycles. The van der Waals surface area contributed by atoms with E-state index in [9.17, 15) is 13.2 Å². The van der Waals surface area contributed by atoms with Crippen LogP contribution in [-0.2, 0) is 27.8 Å². The maximum absolute atomic E-state index is 12.6. The van der Waals surface area contributed by atoms with Gasteiger partial charge in [0, 0.05) is 25.7 Å². The zero-order valence-corrected chi connectivity index (χ0v) is 21.3. The van der Waals surface area contributed by atoms with Gasteiger partial charge < -0.3 is 10.1 Å². The molecule has 1 unspecified atom stereocenters. The molecule has 186 valence electrons. The number of amides is 1. The lowest BCUT2D eigenvalue weighted by atomic mass is 10.1. The van der Waals surface area contributed by atoms with Crippen LogP contribution in [0.2, 0.25) is 0 Å². The van der Waals surface area contributed by atoms with Gasteiger partial charge in [0.2, 0.25) is 15.9 Å². The molecule has 3 aromatic rings. The van der Waals surface area contributed by atoms with Crippen molar-refractivity contribution in [3.05, 3.63) is 89.7 Å². The summed E-state index contributed by atoms with van der Waals surface area (Å²) in [7, 11) is -3.48. The molecule has 1 atom stereocenters. The number of nitrogens with one attached hydrogen (secondary N) is 1. The van der Waals surface area contributed by atoms with Crippen LogP contribution in [-0.4, -0.2) is 36.7 Å². The first kappa shape index (κ1) is 26.4. The monoisotopic (exact) mass is 495 g/mol.